The monoisotopic (exact) mass is 299 g/mol. The van der Waals surface area contributed by atoms with E-state index in [0.717, 1.165) is 5.56 Å². The first-order chi connectivity index (χ1) is 10.8. The molecule has 0 saturated carbocycles. The second-order valence-electron chi connectivity index (χ2n) is 4.90. The average Bonchev–Trinajstić information content (AvgIpc) is 3.00. The first kappa shape index (κ1) is 14.3. The van der Waals surface area contributed by atoms with Crippen LogP contribution in [0.25, 0.3) is 0 Å². The lowest BCUT2D eigenvalue weighted by molar-refractivity contribution is -0.116. The summed E-state index contributed by atoms with van der Waals surface area (Å²) in [5, 5.41) is 6.06. The predicted molar refractivity (Wildman–Crippen MR) is 81.8 cm³/mol. The Bertz CT molecular complexity index is 646. The van der Waals surface area contributed by atoms with Crippen molar-refractivity contribution in [2.75, 3.05) is 18.7 Å². The summed E-state index contributed by atoms with van der Waals surface area (Å²) in [7, 11) is 0. The largest absolute Gasteiger partial charge is 0.454 e. The van der Waals surface area contributed by atoms with Crippen molar-refractivity contribution in [2.45, 2.75) is 13.0 Å². The lowest BCUT2D eigenvalue weighted by Gasteiger charge is -2.07. The Morgan fingerprint density at radius 2 is 2.14 bits per heavy atom. The Morgan fingerprint density at radius 1 is 1.23 bits per heavy atom. The molecule has 6 nitrogen and oxygen atoms in total. The van der Waals surface area contributed by atoms with Crippen LogP contribution in [0.3, 0.4) is 0 Å². The molecule has 2 N–H and O–H groups in total. The number of amides is 1. The van der Waals surface area contributed by atoms with Gasteiger partial charge in [0.1, 0.15) is 0 Å². The maximum Gasteiger partial charge on any atom is 0.231 e. The number of nitrogens with zero attached hydrogens (tertiary/aromatic N) is 1. The van der Waals surface area contributed by atoms with Gasteiger partial charge in [-0.25, -0.2) is 0 Å². The van der Waals surface area contributed by atoms with Crippen molar-refractivity contribution in [2.24, 2.45) is 0 Å². The Balaban J connectivity index is 1.41. The Hall–Kier alpha value is -2.60. The minimum atomic E-state index is -0.0439. The zero-order valence-electron chi connectivity index (χ0n) is 12.0. The molecule has 0 spiro atoms. The molecule has 1 aliphatic heterocycles. The molecule has 0 aliphatic carbocycles. The molecule has 1 amide bonds. The first-order valence-electron chi connectivity index (χ1n) is 7.10. The molecule has 0 fully saturated rings. The van der Waals surface area contributed by atoms with E-state index in [1.54, 1.807) is 30.6 Å². The van der Waals surface area contributed by atoms with Gasteiger partial charge in [0.05, 0.1) is 0 Å². The highest BCUT2D eigenvalue weighted by atomic mass is 16.7. The molecule has 2 heterocycles. The minimum absolute atomic E-state index is 0.0439. The molecule has 0 saturated heterocycles. The summed E-state index contributed by atoms with van der Waals surface area (Å²) in [6, 6.07) is 9.24. The van der Waals surface area contributed by atoms with E-state index in [1.165, 1.54) is 0 Å². The summed E-state index contributed by atoms with van der Waals surface area (Å²) >= 11 is 0. The number of hydrogen-bond acceptors (Lipinski definition) is 5. The molecule has 2 aromatic rings. The third kappa shape index (κ3) is 3.73. The van der Waals surface area contributed by atoms with Gasteiger partial charge in [0.15, 0.2) is 11.5 Å². The van der Waals surface area contributed by atoms with Crippen LogP contribution in [-0.4, -0.2) is 24.2 Å². The van der Waals surface area contributed by atoms with E-state index >= 15 is 0 Å². The van der Waals surface area contributed by atoms with Crippen molar-refractivity contribution in [1.82, 2.24) is 10.3 Å². The number of pyridine rings is 1. The smallest absolute Gasteiger partial charge is 0.231 e. The van der Waals surface area contributed by atoms with Crippen LogP contribution in [0.4, 0.5) is 5.69 Å². The van der Waals surface area contributed by atoms with Crippen molar-refractivity contribution >= 4 is 11.6 Å². The van der Waals surface area contributed by atoms with Crippen LogP contribution in [0.2, 0.25) is 0 Å². The van der Waals surface area contributed by atoms with Gasteiger partial charge in [-0.05, 0) is 23.8 Å². The number of carbonyl (C=O) groups is 1. The molecule has 0 bridgehead atoms. The molecule has 1 aromatic carbocycles. The number of nitrogens with one attached hydrogen (secondary N) is 2. The topological polar surface area (TPSA) is 72.5 Å². The van der Waals surface area contributed by atoms with Gasteiger partial charge >= 0.3 is 0 Å². The highest BCUT2D eigenvalue weighted by molar-refractivity contribution is 5.91. The van der Waals surface area contributed by atoms with Crippen molar-refractivity contribution < 1.29 is 14.3 Å². The van der Waals surface area contributed by atoms with E-state index in [-0.39, 0.29) is 12.7 Å². The van der Waals surface area contributed by atoms with E-state index < -0.39 is 0 Å². The molecule has 3 rings (SSSR count). The Morgan fingerprint density at radius 3 is 3.00 bits per heavy atom. The van der Waals surface area contributed by atoms with E-state index in [1.807, 2.05) is 12.1 Å². The summed E-state index contributed by atoms with van der Waals surface area (Å²) in [5.41, 5.74) is 1.81. The summed E-state index contributed by atoms with van der Waals surface area (Å²) in [6.07, 6.45) is 3.94. The fourth-order valence-corrected chi connectivity index (χ4v) is 2.14. The molecular weight excluding hydrogens is 282 g/mol. The number of aromatic nitrogens is 1. The number of fused-ring (bicyclic) bond motifs is 1. The zero-order valence-corrected chi connectivity index (χ0v) is 12.0. The van der Waals surface area contributed by atoms with Gasteiger partial charge in [-0.3, -0.25) is 9.78 Å². The van der Waals surface area contributed by atoms with Crippen LogP contribution in [0.1, 0.15) is 12.0 Å². The summed E-state index contributed by atoms with van der Waals surface area (Å²) in [6.45, 7) is 1.53. The van der Waals surface area contributed by atoms with E-state index in [2.05, 4.69) is 15.6 Å². The van der Waals surface area contributed by atoms with Crippen LogP contribution >= 0.6 is 0 Å². The lowest BCUT2D eigenvalue weighted by atomic mass is 10.2. The molecule has 1 aromatic heterocycles. The van der Waals surface area contributed by atoms with Gasteiger partial charge in [-0.15, -0.1) is 0 Å². The van der Waals surface area contributed by atoms with Crippen LogP contribution in [0.15, 0.2) is 42.7 Å². The molecule has 0 radical (unpaired) electrons. The van der Waals surface area contributed by atoms with Gasteiger partial charge in [0.2, 0.25) is 12.7 Å². The predicted octanol–water partition coefficient (Wildman–Crippen LogP) is 1.93. The maximum atomic E-state index is 11.9. The molecule has 0 unspecified atom stereocenters. The first-order valence-corrected chi connectivity index (χ1v) is 7.10. The van der Waals surface area contributed by atoms with E-state index in [4.69, 9.17) is 9.47 Å². The van der Waals surface area contributed by atoms with Gasteiger partial charge < -0.3 is 20.1 Å². The molecule has 22 heavy (non-hydrogen) atoms. The van der Waals surface area contributed by atoms with Crippen molar-refractivity contribution in [3.63, 3.8) is 0 Å². The minimum Gasteiger partial charge on any atom is -0.454 e. The number of hydrogen-bond donors (Lipinski definition) is 2. The number of ether oxygens (including phenoxy) is 2. The van der Waals surface area contributed by atoms with E-state index in [0.29, 0.717) is 36.7 Å². The van der Waals surface area contributed by atoms with E-state index in [9.17, 15) is 4.79 Å². The lowest BCUT2D eigenvalue weighted by Crippen LogP contribution is -2.21. The highest BCUT2D eigenvalue weighted by Gasteiger charge is 2.13. The quantitative estimate of drug-likeness (QED) is 0.797. The summed E-state index contributed by atoms with van der Waals surface area (Å²) in [4.78, 5) is 15.9. The molecule has 1 aliphatic rings. The van der Waals surface area contributed by atoms with Gasteiger partial charge in [-0.2, -0.15) is 0 Å². The summed E-state index contributed by atoms with van der Waals surface area (Å²) in [5.74, 6) is 1.32. The third-order valence-electron chi connectivity index (χ3n) is 3.24. The molecule has 0 atom stereocenters. The zero-order chi connectivity index (χ0) is 15.2. The molecule has 114 valence electrons. The Kier molecular flexibility index (Phi) is 4.50. The Labute approximate surface area is 128 Å². The summed E-state index contributed by atoms with van der Waals surface area (Å²) < 4.78 is 10.5. The van der Waals surface area contributed by atoms with Crippen molar-refractivity contribution in [3.05, 3.63) is 48.3 Å². The number of carbonyl (C=O) groups excluding carboxylic acids is 1. The number of anilines is 1. The fourth-order valence-electron chi connectivity index (χ4n) is 2.14. The van der Waals surface area contributed by atoms with Crippen LogP contribution in [0.5, 0.6) is 11.5 Å². The van der Waals surface area contributed by atoms with Gasteiger partial charge in [-0.1, -0.05) is 6.07 Å². The SMILES string of the molecule is O=C(CCNCc1cccnc1)Nc1ccc2c(c1)OCO2. The van der Waals surface area contributed by atoms with Crippen LogP contribution < -0.4 is 20.1 Å². The van der Waals surface area contributed by atoms with Crippen molar-refractivity contribution in [3.8, 4) is 11.5 Å². The maximum absolute atomic E-state index is 11.9. The van der Waals surface area contributed by atoms with Crippen LogP contribution in [-0.2, 0) is 11.3 Å². The molecule has 6 heteroatoms. The number of benzene rings is 1. The highest BCUT2D eigenvalue weighted by Crippen LogP contribution is 2.34. The fraction of sp³-hybridized carbons (Fsp3) is 0.250. The van der Waals surface area contributed by atoms with Crippen LogP contribution in [0, 0.1) is 0 Å². The average molecular weight is 299 g/mol. The standard InChI is InChI=1S/C16H17N3O3/c20-16(5-7-18-10-12-2-1-6-17-9-12)19-13-3-4-14-15(8-13)22-11-21-14/h1-4,6,8-9,18H,5,7,10-11H2,(H,19,20). The second-order valence-corrected chi connectivity index (χ2v) is 4.90. The number of rotatable bonds is 6. The van der Waals surface area contributed by atoms with Crippen molar-refractivity contribution in [1.29, 1.82) is 0 Å². The second kappa shape index (κ2) is 6.91. The third-order valence-corrected chi connectivity index (χ3v) is 3.24. The van der Waals surface area contributed by atoms with Gasteiger partial charge in [0, 0.05) is 43.7 Å². The van der Waals surface area contributed by atoms with Gasteiger partial charge in [0.25, 0.3) is 0 Å². The normalized spacial score (nSPS) is 12.2. The molecular formula is C16H17N3O3.